The predicted octanol–water partition coefficient (Wildman–Crippen LogP) is 1.81. The molecule has 0 aliphatic carbocycles. The molecule has 0 aliphatic rings. The molecule has 0 aromatic heterocycles. The Labute approximate surface area is 84.3 Å². The molecule has 1 aromatic rings. The third kappa shape index (κ3) is 2.37. The van der Waals surface area contributed by atoms with Crippen molar-refractivity contribution in [1.82, 2.24) is 5.32 Å². The molecule has 0 saturated heterocycles. The summed E-state index contributed by atoms with van der Waals surface area (Å²) in [6, 6.07) is 7.43. The highest BCUT2D eigenvalue weighted by molar-refractivity contribution is 5.74. The van der Waals surface area contributed by atoms with Crippen LogP contribution in [0.15, 0.2) is 24.3 Å². The van der Waals surface area contributed by atoms with Crippen LogP contribution in [0, 0.1) is 19.3 Å². The van der Waals surface area contributed by atoms with Crippen molar-refractivity contribution in [3.63, 3.8) is 0 Å². The van der Waals surface area contributed by atoms with E-state index in [-0.39, 0.29) is 11.9 Å². The van der Waals surface area contributed by atoms with Gasteiger partial charge in [-0.3, -0.25) is 4.79 Å². The SMILES string of the molecule is C#CC(NC(C)=O)c1ccccc1C. The first-order chi connectivity index (χ1) is 6.65. The minimum Gasteiger partial charge on any atom is -0.339 e. The van der Waals surface area contributed by atoms with Crippen molar-refractivity contribution in [2.75, 3.05) is 0 Å². The minimum atomic E-state index is -0.325. The number of amides is 1. The van der Waals surface area contributed by atoms with Crippen LogP contribution in [0.5, 0.6) is 0 Å². The molecule has 0 spiro atoms. The highest BCUT2D eigenvalue weighted by Gasteiger charge is 2.10. The van der Waals surface area contributed by atoms with E-state index in [0.29, 0.717) is 0 Å². The van der Waals surface area contributed by atoms with E-state index < -0.39 is 0 Å². The van der Waals surface area contributed by atoms with Gasteiger partial charge >= 0.3 is 0 Å². The summed E-state index contributed by atoms with van der Waals surface area (Å²) in [5.74, 6) is 2.44. The molecule has 14 heavy (non-hydrogen) atoms. The normalized spacial score (nSPS) is 11.5. The van der Waals surface area contributed by atoms with Gasteiger partial charge in [-0.25, -0.2) is 0 Å². The molecule has 1 N–H and O–H groups in total. The molecule has 0 aliphatic heterocycles. The predicted molar refractivity (Wildman–Crippen MR) is 56.6 cm³/mol. The molecule has 1 atom stereocenters. The molecule has 72 valence electrons. The van der Waals surface area contributed by atoms with E-state index in [9.17, 15) is 4.79 Å². The molecular weight excluding hydrogens is 174 g/mol. The Bertz CT molecular complexity index is 376. The zero-order valence-electron chi connectivity index (χ0n) is 8.37. The number of benzene rings is 1. The summed E-state index contributed by atoms with van der Waals surface area (Å²) in [4.78, 5) is 10.9. The van der Waals surface area contributed by atoms with Crippen LogP contribution >= 0.6 is 0 Å². The minimum absolute atomic E-state index is 0.115. The second kappa shape index (κ2) is 4.48. The molecule has 0 heterocycles. The van der Waals surface area contributed by atoms with E-state index in [1.54, 1.807) is 0 Å². The highest BCUT2D eigenvalue weighted by atomic mass is 16.1. The first kappa shape index (κ1) is 10.3. The zero-order valence-corrected chi connectivity index (χ0v) is 8.37. The Morgan fingerprint density at radius 2 is 2.14 bits per heavy atom. The Balaban J connectivity index is 2.96. The zero-order chi connectivity index (χ0) is 10.6. The fourth-order valence-corrected chi connectivity index (χ4v) is 1.32. The van der Waals surface area contributed by atoms with Crippen molar-refractivity contribution in [3.8, 4) is 12.3 Å². The van der Waals surface area contributed by atoms with Gasteiger partial charge in [0.25, 0.3) is 0 Å². The lowest BCUT2D eigenvalue weighted by Crippen LogP contribution is -2.25. The monoisotopic (exact) mass is 187 g/mol. The summed E-state index contributed by atoms with van der Waals surface area (Å²) in [6.45, 7) is 3.43. The number of hydrogen-bond acceptors (Lipinski definition) is 1. The van der Waals surface area contributed by atoms with Crippen molar-refractivity contribution in [1.29, 1.82) is 0 Å². The number of aryl methyl sites for hydroxylation is 1. The maximum absolute atomic E-state index is 10.9. The van der Waals surface area contributed by atoms with Crippen LogP contribution in [0.25, 0.3) is 0 Å². The first-order valence-corrected chi connectivity index (χ1v) is 4.44. The lowest BCUT2D eigenvalue weighted by atomic mass is 10.0. The average molecular weight is 187 g/mol. The van der Waals surface area contributed by atoms with Gasteiger partial charge in [-0.2, -0.15) is 0 Å². The van der Waals surface area contributed by atoms with Crippen LogP contribution in [-0.2, 0) is 4.79 Å². The number of carbonyl (C=O) groups is 1. The molecule has 1 aromatic carbocycles. The van der Waals surface area contributed by atoms with Crippen molar-refractivity contribution >= 4 is 5.91 Å². The molecule has 0 saturated carbocycles. The van der Waals surface area contributed by atoms with E-state index in [0.717, 1.165) is 11.1 Å². The number of carbonyl (C=O) groups excluding carboxylic acids is 1. The summed E-state index contributed by atoms with van der Waals surface area (Å²) in [5, 5.41) is 2.71. The summed E-state index contributed by atoms with van der Waals surface area (Å²) in [7, 11) is 0. The second-order valence-electron chi connectivity index (χ2n) is 3.16. The van der Waals surface area contributed by atoms with E-state index in [4.69, 9.17) is 6.42 Å². The largest absolute Gasteiger partial charge is 0.339 e. The van der Waals surface area contributed by atoms with E-state index in [2.05, 4.69) is 11.2 Å². The number of rotatable bonds is 2. The number of terminal acetylenes is 1. The molecule has 1 rings (SSSR count). The Hall–Kier alpha value is -1.75. The summed E-state index contributed by atoms with van der Waals surface area (Å²) in [6.07, 6.45) is 5.36. The smallest absolute Gasteiger partial charge is 0.218 e. The lowest BCUT2D eigenvalue weighted by Gasteiger charge is -2.14. The van der Waals surface area contributed by atoms with Crippen molar-refractivity contribution in [2.45, 2.75) is 19.9 Å². The number of nitrogens with one attached hydrogen (secondary N) is 1. The van der Waals surface area contributed by atoms with Crippen LogP contribution in [0.2, 0.25) is 0 Å². The molecule has 1 amide bonds. The topological polar surface area (TPSA) is 29.1 Å². The van der Waals surface area contributed by atoms with Gasteiger partial charge in [0.15, 0.2) is 0 Å². The van der Waals surface area contributed by atoms with Crippen molar-refractivity contribution in [2.24, 2.45) is 0 Å². The first-order valence-electron chi connectivity index (χ1n) is 4.44. The molecule has 0 fully saturated rings. The lowest BCUT2D eigenvalue weighted by molar-refractivity contribution is -0.119. The Morgan fingerprint density at radius 1 is 1.50 bits per heavy atom. The second-order valence-corrected chi connectivity index (χ2v) is 3.16. The van der Waals surface area contributed by atoms with Crippen molar-refractivity contribution in [3.05, 3.63) is 35.4 Å². The van der Waals surface area contributed by atoms with Gasteiger partial charge in [0, 0.05) is 6.92 Å². The maximum Gasteiger partial charge on any atom is 0.218 e. The Morgan fingerprint density at radius 3 is 2.64 bits per heavy atom. The molecule has 0 radical (unpaired) electrons. The van der Waals surface area contributed by atoms with Gasteiger partial charge in [-0.15, -0.1) is 6.42 Å². The Kier molecular flexibility index (Phi) is 3.30. The third-order valence-corrected chi connectivity index (χ3v) is 2.01. The quantitative estimate of drug-likeness (QED) is 0.703. The van der Waals surface area contributed by atoms with Gasteiger partial charge in [0.2, 0.25) is 5.91 Å². The van der Waals surface area contributed by atoms with Crippen LogP contribution < -0.4 is 5.32 Å². The van der Waals surface area contributed by atoms with Gasteiger partial charge in [-0.1, -0.05) is 30.2 Å². The fraction of sp³-hybridized carbons (Fsp3) is 0.250. The molecular formula is C12H13NO. The van der Waals surface area contributed by atoms with Gasteiger partial charge in [0.05, 0.1) is 0 Å². The van der Waals surface area contributed by atoms with Crippen LogP contribution in [0.3, 0.4) is 0 Å². The van der Waals surface area contributed by atoms with E-state index in [1.165, 1.54) is 6.92 Å². The van der Waals surface area contributed by atoms with E-state index >= 15 is 0 Å². The highest BCUT2D eigenvalue weighted by Crippen LogP contribution is 2.16. The average Bonchev–Trinajstić information content (AvgIpc) is 2.15. The number of hydrogen-bond donors (Lipinski definition) is 1. The standard InChI is InChI=1S/C12H13NO/c1-4-12(13-10(3)14)11-8-6-5-7-9(11)2/h1,5-8,12H,2-3H3,(H,13,14). The maximum atomic E-state index is 10.9. The van der Waals surface area contributed by atoms with E-state index in [1.807, 2.05) is 31.2 Å². The summed E-state index contributed by atoms with van der Waals surface area (Å²) < 4.78 is 0. The molecule has 1 unspecified atom stereocenters. The molecule has 2 nitrogen and oxygen atoms in total. The molecule has 0 bridgehead atoms. The van der Waals surface area contributed by atoms with Gasteiger partial charge < -0.3 is 5.32 Å². The van der Waals surface area contributed by atoms with Crippen molar-refractivity contribution < 1.29 is 4.79 Å². The van der Waals surface area contributed by atoms with Crippen LogP contribution in [0.1, 0.15) is 24.1 Å². The van der Waals surface area contributed by atoms with Crippen LogP contribution in [0.4, 0.5) is 0 Å². The summed E-state index contributed by atoms with van der Waals surface area (Å²) >= 11 is 0. The van der Waals surface area contributed by atoms with Crippen LogP contribution in [-0.4, -0.2) is 5.91 Å². The molecule has 2 heteroatoms. The van der Waals surface area contributed by atoms with Gasteiger partial charge in [0.1, 0.15) is 6.04 Å². The van der Waals surface area contributed by atoms with Gasteiger partial charge in [-0.05, 0) is 18.1 Å². The third-order valence-electron chi connectivity index (χ3n) is 2.01. The summed E-state index contributed by atoms with van der Waals surface area (Å²) in [5.41, 5.74) is 2.06. The fourth-order valence-electron chi connectivity index (χ4n) is 1.32.